The molecule has 2 N–H and O–H groups in total. The zero-order chi connectivity index (χ0) is 14.7. The van der Waals surface area contributed by atoms with Crippen molar-refractivity contribution in [1.29, 1.82) is 0 Å². The van der Waals surface area contributed by atoms with Crippen molar-refractivity contribution in [3.63, 3.8) is 0 Å². The number of aromatic nitrogens is 3. The molecule has 1 amide bonds. The predicted molar refractivity (Wildman–Crippen MR) is 77.8 cm³/mol. The highest BCUT2D eigenvalue weighted by molar-refractivity contribution is 5.76. The number of ether oxygens (including phenoxy) is 1. The van der Waals surface area contributed by atoms with E-state index < -0.39 is 0 Å². The first-order valence-electron chi connectivity index (χ1n) is 8.05. The second kappa shape index (κ2) is 6.56. The molecule has 0 unspecified atom stereocenters. The first kappa shape index (κ1) is 14.5. The maximum Gasteiger partial charge on any atom is 0.223 e. The van der Waals surface area contributed by atoms with Gasteiger partial charge in [-0.25, -0.2) is 4.68 Å². The Hall–Kier alpha value is -1.43. The van der Waals surface area contributed by atoms with E-state index in [0.717, 1.165) is 50.3 Å². The Morgan fingerprint density at radius 2 is 1.90 bits per heavy atom. The zero-order valence-electron chi connectivity index (χ0n) is 12.5. The van der Waals surface area contributed by atoms with E-state index in [1.165, 1.54) is 19.3 Å². The second-order valence-corrected chi connectivity index (χ2v) is 6.19. The summed E-state index contributed by atoms with van der Waals surface area (Å²) in [5.74, 6) is 0.0593. The number of carbonyl (C=O) groups is 1. The Morgan fingerprint density at radius 3 is 2.57 bits per heavy atom. The van der Waals surface area contributed by atoms with Crippen LogP contribution in [0.1, 0.15) is 68.3 Å². The van der Waals surface area contributed by atoms with Crippen LogP contribution in [0.5, 0.6) is 0 Å². The first-order valence-corrected chi connectivity index (χ1v) is 8.05. The van der Waals surface area contributed by atoms with Crippen molar-refractivity contribution in [3.8, 4) is 0 Å². The summed E-state index contributed by atoms with van der Waals surface area (Å²) in [5, 5.41) is 8.66. The van der Waals surface area contributed by atoms with Crippen LogP contribution in [-0.4, -0.2) is 34.1 Å². The third-order valence-electron chi connectivity index (χ3n) is 4.67. The molecule has 6 nitrogen and oxygen atoms in total. The number of rotatable bonds is 4. The van der Waals surface area contributed by atoms with Crippen molar-refractivity contribution in [2.75, 3.05) is 13.2 Å². The highest BCUT2D eigenvalue weighted by Crippen LogP contribution is 2.35. The number of amides is 1. The van der Waals surface area contributed by atoms with Crippen molar-refractivity contribution in [1.82, 2.24) is 15.0 Å². The Labute approximate surface area is 125 Å². The van der Waals surface area contributed by atoms with Gasteiger partial charge in [-0.3, -0.25) is 4.79 Å². The van der Waals surface area contributed by atoms with E-state index in [1.54, 1.807) is 0 Å². The fraction of sp³-hybridized carbons (Fsp3) is 0.800. The standard InChI is InChI=1S/C15H24N4O2/c16-14(20)10-13-15(11-6-8-21-9-7-11)19(18-17-13)12-4-2-1-3-5-12/h11-12H,1-10H2,(H2,16,20). The van der Waals surface area contributed by atoms with Gasteiger partial charge in [0, 0.05) is 19.1 Å². The van der Waals surface area contributed by atoms with Gasteiger partial charge in [0.15, 0.2) is 0 Å². The number of hydrogen-bond acceptors (Lipinski definition) is 4. The minimum absolute atomic E-state index is 0.194. The van der Waals surface area contributed by atoms with Gasteiger partial charge in [0.25, 0.3) is 0 Å². The Kier molecular flexibility index (Phi) is 4.53. The molecule has 0 atom stereocenters. The van der Waals surface area contributed by atoms with Gasteiger partial charge in [-0.1, -0.05) is 24.5 Å². The SMILES string of the molecule is NC(=O)Cc1nnn(C2CCCCC2)c1C1CCOCC1. The van der Waals surface area contributed by atoms with Gasteiger partial charge >= 0.3 is 0 Å². The molecule has 1 saturated carbocycles. The minimum atomic E-state index is -0.334. The molecule has 1 aliphatic heterocycles. The molecular weight excluding hydrogens is 268 g/mol. The summed E-state index contributed by atoms with van der Waals surface area (Å²) in [4.78, 5) is 11.3. The van der Waals surface area contributed by atoms with E-state index in [9.17, 15) is 4.79 Å². The average molecular weight is 292 g/mol. The van der Waals surface area contributed by atoms with Crippen molar-refractivity contribution in [3.05, 3.63) is 11.4 Å². The second-order valence-electron chi connectivity index (χ2n) is 6.19. The lowest BCUT2D eigenvalue weighted by Gasteiger charge is -2.28. The quantitative estimate of drug-likeness (QED) is 0.915. The molecule has 0 radical (unpaired) electrons. The van der Waals surface area contributed by atoms with Gasteiger partial charge in [-0.05, 0) is 25.7 Å². The first-order chi connectivity index (χ1) is 10.3. The Balaban J connectivity index is 1.90. The smallest absolute Gasteiger partial charge is 0.223 e. The van der Waals surface area contributed by atoms with E-state index >= 15 is 0 Å². The van der Waals surface area contributed by atoms with Crippen LogP contribution in [0.25, 0.3) is 0 Å². The van der Waals surface area contributed by atoms with Crippen molar-refractivity contribution < 1.29 is 9.53 Å². The van der Waals surface area contributed by atoms with E-state index in [2.05, 4.69) is 15.0 Å². The third kappa shape index (κ3) is 3.26. The number of carbonyl (C=O) groups excluding carboxylic acids is 1. The highest BCUT2D eigenvalue weighted by atomic mass is 16.5. The van der Waals surface area contributed by atoms with Gasteiger partial charge in [-0.2, -0.15) is 0 Å². The van der Waals surface area contributed by atoms with Crippen LogP contribution < -0.4 is 5.73 Å². The van der Waals surface area contributed by atoms with E-state index in [1.807, 2.05) is 0 Å². The van der Waals surface area contributed by atoms with Gasteiger partial charge in [0.2, 0.25) is 5.91 Å². The van der Waals surface area contributed by atoms with Crippen LogP contribution >= 0.6 is 0 Å². The average Bonchev–Trinajstić information content (AvgIpc) is 2.92. The predicted octanol–water partition coefficient (Wildman–Crippen LogP) is 1.71. The van der Waals surface area contributed by atoms with Gasteiger partial charge < -0.3 is 10.5 Å². The molecule has 21 heavy (non-hydrogen) atoms. The van der Waals surface area contributed by atoms with Crippen LogP contribution in [0.3, 0.4) is 0 Å². The van der Waals surface area contributed by atoms with Crippen LogP contribution in [0.15, 0.2) is 0 Å². The molecule has 2 aliphatic rings. The topological polar surface area (TPSA) is 83.0 Å². The molecule has 1 aromatic rings. The summed E-state index contributed by atoms with van der Waals surface area (Å²) >= 11 is 0. The minimum Gasteiger partial charge on any atom is -0.381 e. The number of hydrogen-bond donors (Lipinski definition) is 1. The normalized spacial score (nSPS) is 21.5. The van der Waals surface area contributed by atoms with Crippen molar-refractivity contribution >= 4 is 5.91 Å². The summed E-state index contributed by atoms with van der Waals surface area (Å²) < 4.78 is 7.57. The van der Waals surface area contributed by atoms with E-state index in [-0.39, 0.29) is 12.3 Å². The van der Waals surface area contributed by atoms with Crippen LogP contribution in [-0.2, 0) is 16.0 Å². The molecule has 0 bridgehead atoms. The van der Waals surface area contributed by atoms with Gasteiger partial charge in [0.1, 0.15) is 0 Å². The van der Waals surface area contributed by atoms with Crippen LogP contribution in [0, 0.1) is 0 Å². The molecule has 6 heteroatoms. The van der Waals surface area contributed by atoms with Crippen molar-refractivity contribution in [2.24, 2.45) is 5.73 Å². The molecule has 1 aliphatic carbocycles. The highest BCUT2D eigenvalue weighted by Gasteiger charge is 2.29. The summed E-state index contributed by atoms with van der Waals surface area (Å²) in [7, 11) is 0. The molecule has 2 heterocycles. The monoisotopic (exact) mass is 292 g/mol. The maximum absolute atomic E-state index is 11.3. The molecule has 0 spiro atoms. The van der Waals surface area contributed by atoms with Crippen LogP contribution in [0.4, 0.5) is 0 Å². The summed E-state index contributed by atoms with van der Waals surface area (Å²) in [6, 6.07) is 0.436. The number of primary amides is 1. The fourth-order valence-electron chi connectivity index (χ4n) is 3.61. The van der Waals surface area contributed by atoms with E-state index in [0.29, 0.717) is 12.0 Å². The molecule has 1 saturated heterocycles. The summed E-state index contributed by atoms with van der Waals surface area (Å²) in [6.07, 6.45) is 8.29. The molecule has 3 rings (SSSR count). The van der Waals surface area contributed by atoms with Crippen molar-refractivity contribution in [2.45, 2.75) is 63.3 Å². The molecule has 1 aromatic heterocycles. The molecular formula is C15H24N4O2. The molecule has 116 valence electrons. The lowest BCUT2D eigenvalue weighted by atomic mass is 9.91. The summed E-state index contributed by atoms with van der Waals surface area (Å²) in [6.45, 7) is 1.55. The van der Waals surface area contributed by atoms with Crippen LogP contribution in [0.2, 0.25) is 0 Å². The Morgan fingerprint density at radius 1 is 1.19 bits per heavy atom. The maximum atomic E-state index is 11.3. The lowest BCUT2D eigenvalue weighted by Crippen LogP contribution is -2.24. The number of nitrogens with zero attached hydrogens (tertiary/aromatic N) is 3. The zero-order valence-corrected chi connectivity index (χ0v) is 12.5. The molecule has 0 aromatic carbocycles. The molecule has 2 fully saturated rings. The van der Waals surface area contributed by atoms with Gasteiger partial charge in [0.05, 0.1) is 23.9 Å². The number of nitrogens with two attached hydrogens (primary N) is 1. The summed E-state index contributed by atoms with van der Waals surface area (Å²) in [5.41, 5.74) is 7.29. The third-order valence-corrected chi connectivity index (χ3v) is 4.67. The fourth-order valence-corrected chi connectivity index (χ4v) is 3.61. The largest absolute Gasteiger partial charge is 0.381 e. The lowest BCUT2D eigenvalue weighted by molar-refractivity contribution is -0.117. The Bertz CT molecular complexity index is 488. The van der Waals surface area contributed by atoms with Gasteiger partial charge in [-0.15, -0.1) is 5.10 Å². The van der Waals surface area contributed by atoms with E-state index in [4.69, 9.17) is 10.5 Å².